The largest absolute Gasteiger partial charge is 0.390 e. The van der Waals surface area contributed by atoms with Crippen molar-refractivity contribution >= 4 is 5.91 Å². The molecule has 0 radical (unpaired) electrons. The second-order valence-electron chi connectivity index (χ2n) is 7.47. The molecule has 2 atom stereocenters. The van der Waals surface area contributed by atoms with Gasteiger partial charge in [0.05, 0.1) is 12.0 Å². The van der Waals surface area contributed by atoms with Crippen molar-refractivity contribution in [2.75, 3.05) is 6.54 Å². The van der Waals surface area contributed by atoms with Gasteiger partial charge in [0.2, 0.25) is 5.91 Å². The van der Waals surface area contributed by atoms with Crippen molar-refractivity contribution in [1.82, 2.24) is 4.90 Å². The van der Waals surface area contributed by atoms with Crippen LogP contribution in [0.15, 0.2) is 42.5 Å². The minimum atomic E-state index is -0.768. The Labute approximate surface area is 163 Å². The number of nitrogens with zero attached hydrogens (tertiary/aromatic N) is 1. The van der Waals surface area contributed by atoms with Crippen LogP contribution >= 0.6 is 0 Å². The number of carbonyl (C=O) groups is 1. The minimum Gasteiger partial charge on any atom is -0.390 e. The first-order valence-electron chi connectivity index (χ1n) is 9.56. The summed E-state index contributed by atoms with van der Waals surface area (Å²) in [6.07, 6.45) is 1.47. The standard InChI is InChI=1S/C23H21F2NO2/c24-20-12-16(7-6-15-4-2-1-3-5-15)13-21(25)18(20)10-11-19-22(27)14-26(23(19)28)17-8-9-17/h1-5,12-13,17,19,22,27H,8-11,14H2. The molecule has 0 aromatic heterocycles. The molecule has 1 heterocycles. The molecule has 2 aromatic rings. The van der Waals surface area contributed by atoms with E-state index in [1.807, 2.05) is 30.3 Å². The van der Waals surface area contributed by atoms with Crippen LogP contribution in [0.25, 0.3) is 0 Å². The number of likely N-dealkylation sites (tertiary alicyclic amines) is 1. The first kappa shape index (κ1) is 18.6. The quantitative estimate of drug-likeness (QED) is 0.826. The van der Waals surface area contributed by atoms with Crippen molar-refractivity contribution in [2.24, 2.45) is 5.92 Å². The first-order chi connectivity index (χ1) is 13.5. The van der Waals surface area contributed by atoms with Gasteiger partial charge in [-0.3, -0.25) is 4.79 Å². The highest BCUT2D eigenvalue weighted by Gasteiger charge is 2.45. The SMILES string of the molecule is O=C1C(CCc2c(F)cc(C#Cc3ccccc3)cc2F)C(O)CN1C1CC1. The lowest BCUT2D eigenvalue weighted by Crippen LogP contribution is -2.29. The molecule has 1 N–H and O–H groups in total. The fourth-order valence-electron chi connectivity index (χ4n) is 3.71. The number of carbonyl (C=O) groups excluding carboxylic acids is 1. The van der Waals surface area contributed by atoms with Gasteiger partial charge in [-0.2, -0.15) is 0 Å². The third-order valence-electron chi connectivity index (χ3n) is 5.41. The number of β-amino-alcohol motifs (C(OH)–C–C–N with tert-alkyl or cyclic N) is 1. The Morgan fingerprint density at radius 1 is 1.04 bits per heavy atom. The van der Waals surface area contributed by atoms with Crippen LogP contribution in [0.1, 0.15) is 36.0 Å². The molecule has 1 saturated carbocycles. The average molecular weight is 381 g/mol. The summed E-state index contributed by atoms with van der Waals surface area (Å²) in [7, 11) is 0. The lowest BCUT2D eigenvalue weighted by atomic mass is 9.95. The summed E-state index contributed by atoms with van der Waals surface area (Å²) < 4.78 is 28.9. The number of aliphatic hydroxyl groups is 1. The predicted octanol–water partition coefficient (Wildman–Crippen LogP) is 3.28. The first-order valence-corrected chi connectivity index (χ1v) is 9.56. The molecule has 5 heteroatoms. The number of halogens is 2. The molecule has 28 heavy (non-hydrogen) atoms. The van der Waals surface area contributed by atoms with E-state index in [1.165, 1.54) is 12.1 Å². The maximum absolute atomic E-state index is 14.5. The molecule has 2 unspecified atom stereocenters. The van der Waals surface area contributed by atoms with Gasteiger partial charge in [-0.05, 0) is 49.9 Å². The summed E-state index contributed by atoms with van der Waals surface area (Å²) in [6.45, 7) is 0.327. The minimum absolute atomic E-state index is 0.0601. The average Bonchev–Trinajstić information content (AvgIpc) is 3.48. The van der Waals surface area contributed by atoms with Crippen LogP contribution in [0.2, 0.25) is 0 Å². The smallest absolute Gasteiger partial charge is 0.228 e. The maximum atomic E-state index is 14.5. The third-order valence-corrected chi connectivity index (χ3v) is 5.41. The number of aliphatic hydroxyl groups excluding tert-OH is 1. The van der Waals surface area contributed by atoms with Gasteiger partial charge >= 0.3 is 0 Å². The second-order valence-corrected chi connectivity index (χ2v) is 7.47. The number of amides is 1. The zero-order valence-corrected chi connectivity index (χ0v) is 15.4. The second kappa shape index (κ2) is 7.73. The summed E-state index contributed by atoms with van der Waals surface area (Å²) in [4.78, 5) is 14.1. The molecule has 1 saturated heterocycles. The topological polar surface area (TPSA) is 40.5 Å². The molecular weight excluding hydrogens is 360 g/mol. The van der Waals surface area contributed by atoms with Crippen molar-refractivity contribution in [3.63, 3.8) is 0 Å². The molecule has 1 aliphatic carbocycles. The Bertz CT molecular complexity index is 921. The molecule has 0 spiro atoms. The zero-order valence-electron chi connectivity index (χ0n) is 15.4. The van der Waals surface area contributed by atoms with E-state index in [1.54, 1.807) is 4.90 Å². The lowest BCUT2D eigenvalue weighted by Gasteiger charge is -2.15. The number of benzene rings is 2. The molecule has 2 aliphatic rings. The van der Waals surface area contributed by atoms with Crippen molar-refractivity contribution in [1.29, 1.82) is 0 Å². The van der Waals surface area contributed by atoms with Gasteiger partial charge in [-0.1, -0.05) is 30.0 Å². The fraction of sp³-hybridized carbons (Fsp3) is 0.348. The highest BCUT2D eigenvalue weighted by atomic mass is 19.1. The molecule has 1 aliphatic heterocycles. The van der Waals surface area contributed by atoms with Crippen LogP contribution in [0, 0.1) is 29.4 Å². The van der Waals surface area contributed by atoms with Crippen molar-refractivity contribution in [2.45, 2.75) is 37.8 Å². The molecule has 144 valence electrons. The van der Waals surface area contributed by atoms with Crippen LogP contribution in [0.4, 0.5) is 8.78 Å². The van der Waals surface area contributed by atoms with E-state index in [-0.39, 0.29) is 35.9 Å². The maximum Gasteiger partial charge on any atom is 0.228 e. The number of rotatable bonds is 4. The highest BCUT2D eigenvalue weighted by Crippen LogP contribution is 2.34. The van der Waals surface area contributed by atoms with Crippen LogP contribution in [0.5, 0.6) is 0 Å². The molecule has 2 aromatic carbocycles. The van der Waals surface area contributed by atoms with E-state index in [0.717, 1.165) is 18.4 Å². The van der Waals surface area contributed by atoms with Crippen molar-refractivity contribution in [3.8, 4) is 11.8 Å². The van der Waals surface area contributed by atoms with E-state index < -0.39 is 23.7 Å². The lowest BCUT2D eigenvalue weighted by molar-refractivity contribution is -0.132. The predicted molar refractivity (Wildman–Crippen MR) is 101 cm³/mol. The molecular formula is C23H21F2NO2. The van der Waals surface area contributed by atoms with E-state index in [2.05, 4.69) is 11.8 Å². The fourth-order valence-corrected chi connectivity index (χ4v) is 3.71. The summed E-state index contributed by atoms with van der Waals surface area (Å²) in [5.74, 6) is 3.63. The normalized spacial score (nSPS) is 21.5. The molecule has 2 fully saturated rings. The van der Waals surface area contributed by atoms with Gasteiger partial charge in [-0.25, -0.2) is 8.78 Å². The van der Waals surface area contributed by atoms with Crippen molar-refractivity contribution < 1.29 is 18.7 Å². The summed E-state index contributed by atoms with van der Waals surface area (Å²) in [5.41, 5.74) is 0.968. The van der Waals surface area contributed by atoms with Gasteiger partial charge in [0, 0.05) is 29.3 Å². The highest BCUT2D eigenvalue weighted by molar-refractivity contribution is 5.82. The Morgan fingerprint density at radius 3 is 2.32 bits per heavy atom. The van der Waals surface area contributed by atoms with E-state index >= 15 is 0 Å². The molecule has 1 amide bonds. The molecule has 3 nitrogen and oxygen atoms in total. The van der Waals surface area contributed by atoms with Crippen LogP contribution in [-0.4, -0.2) is 34.6 Å². The molecule has 0 bridgehead atoms. The van der Waals surface area contributed by atoms with E-state index in [0.29, 0.717) is 6.54 Å². The number of hydrogen-bond acceptors (Lipinski definition) is 2. The van der Waals surface area contributed by atoms with Crippen LogP contribution in [-0.2, 0) is 11.2 Å². The Hall–Kier alpha value is -2.71. The van der Waals surface area contributed by atoms with E-state index in [9.17, 15) is 18.7 Å². The van der Waals surface area contributed by atoms with Gasteiger partial charge in [0.1, 0.15) is 11.6 Å². The summed E-state index contributed by atoms with van der Waals surface area (Å²) >= 11 is 0. The molecule has 4 rings (SSSR count). The van der Waals surface area contributed by atoms with Gasteiger partial charge in [-0.15, -0.1) is 0 Å². The zero-order chi connectivity index (χ0) is 19.7. The number of hydrogen-bond donors (Lipinski definition) is 1. The Kier molecular flexibility index (Phi) is 5.15. The third kappa shape index (κ3) is 3.93. The van der Waals surface area contributed by atoms with E-state index in [4.69, 9.17) is 0 Å². The van der Waals surface area contributed by atoms with Crippen LogP contribution in [0.3, 0.4) is 0 Å². The van der Waals surface area contributed by atoms with Gasteiger partial charge in [0.25, 0.3) is 0 Å². The summed E-state index contributed by atoms with van der Waals surface area (Å²) in [6, 6.07) is 11.9. The summed E-state index contributed by atoms with van der Waals surface area (Å²) in [5, 5.41) is 10.2. The van der Waals surface area contributed by atoms with Gasteiger partial charge in [0.15, 0.2) is 0 Å². The monoisotopic (exact) mass is 381 g/mol. The van der Waals surface area contributed by atoms with Gasteiger partial charge < -0.3 is 10.0 Å². The Morgan fingerprint density at radius 2 is 1.68 bits per heavy atom. The Balaban J connectivity index is 1.45. The van der Waals surface area contributed by atoms with Crippen molar-refractivity contribution in [3.05, 3.63) is 70.8 Å². The van der Waals surface area contributed by atoms with Crippen LogP contribution < -0.4 is 0 Å².